The Balaban J connectivity index is 1.66. The molecule has 0 spiro atoms. The molecule has 1 aliphatic rings. The van der Waals surface area contributed by atoms with E-state index in [0.29, 0.717) is 12.5 Å². The van der Waals surface area contributed by atoms with E-state index in [4.69, 9.17) is 4.84 Å². The number of aromatic nitrogens is 2. The Bertz CT molecular complexity index is 602. The van der Waals surface area contributed by atoms with Crippen molar-refractivity contribution in [1.82, 2.24) is 15.0 Å². The zero-order valence-corrected chi connectivity index (χ0v) is 10.9. The Morgan fingerprint density at radius 3 is 3.05 bits per heavy atom. The summed E-state index contributed by atoms with van der Waals surface area (Å²) in [5.74, 6) is 1.32. The van der Waals surface area contributed by atoms with E-state index in [-0.39, 0.29) is 12.5 Å². The number of benzene rings is 1. The van der Waals surface area contributed by atoms with Crippen LogP contribution in [0.25, 0.3) is 11.0 Å². The fourth-order valence-electron chi connectivity index (χ4n) is 2.10. The number of para-hydroxylation sites is 2. The zero-order valence-electron chi connectivity index (χ0n) is 10.9. The molecule has 1 amide bonds. The summed E-state index contributed by atoms with van der Waals surface area (Å²) in [6, 6.07) is 7.80. The second kappa shape index (κ2) is 5.01. The van der Waals surface area contributed by atoms with Crippen LogP contribution < -0.4 is 5.48 Å². The van der Waals surface area contributed by atoms with Gasteiger partial charge in [0.15, 0.2) is 0 Å². The molecule has 0 radical (unpaired) electrons. The Labute approximate surface area is 111 Å². The molecule has 0 atom stereocenters. The number of carbonyl (C=O) groups is 1. The van der Waals surface area contributed by atoms with E-state index < -0.39 is 0 Å². The van der Waals surface area contributed by atoms with Gasteiger partial charge in [0, 0.05) is 0 Å². The summed E-state index contributed by atoms with van der Waals surface area (Å²) in [4.78, 5) is 21.4. The van der Waals surface area contributed by atoms with E-state index in [9.17, 15) is 4.79 Å². The number of hydrogen-bond acceptors (Lipinski definition) is 3. The van der Waals surface area contributed by atoms with Crippen molar-refractivity contribution in [1.29, 1.82) is 0 Å². The van der Waals surface area contributed by atoms with E-state index >= 15 is 0 Å². The summed E-state index contributed by atoms with van der Waals surface area (Å²) in [5.41, 5.74) is 4.38. The van der Waals surface area contributed by atoms with E-state index in [1.807, 2.05) is 35.8 Å². The van der Waals surface area contributed by atoms with Gasteiger partial charge in [0.25, 0.3) is 5.91 Å². The number of carbonyl (C=O) groups excluding carboxylic acids is 1. The normalized spacial score (nSPS) is 14.8. The fraction of sp³-hybridized carbons (Fsp3) is 0.429. The molecule has 100 valence electrons. The van der Waals surface area contributed by atoms with Crippen LogP contribution in [-0.2, 0) is 16.2 Å². The molecule has 1 fully saturated rings. The molecule has 1 saturated carbocycles. The van der Waals surface area contributed by atoms with Crippen LogP contribution >= 0.6 is 0 Å². The van der Waals surface area contributed by atoms with Crippen LogP contribution in [0, 0.1) is 12.8 Å². The van der Waals surface area contributed by atoms with Gasteiger partial charge in [0.05, 0.1) is 17.6 Å². The van der Waals surface area contributed by atoms with Crippen LogP contribution in [0.15, 0.2) is 24.3 Å². The highest BCUT2D eigenvalue weighted by molar-refractivity contribution is 5.80. The first-order valence-corrected chi connectivity index (χ1v) is 6.56. The van der Waals surface area contributed by atoms with Crippen molar-refractivity contribution in [3.8, 4) is 0 Å². The zero-order chi connectivity index (χ0) is 13.2. The summed E-state index contributed by atoms with van der Waals surface area (Å²) in [5, 5.41) is 0. The summed E-state index contributed by atoms with van der Waals surface area (Å²) in [6.07, 6.45) is 2.42. The SMILES string of the molecule is Cc1nc2ccccc2n1CC(=O)NOCC1CC1. The molecule has 19 heavy (non-hydrogen) atoms. The molecule has 0 aliphatic heterocycles. The lowest BCUT2D eigenvalue weighted by Crippen LogP contribution is -2.28. The van der Waals surface area contributed by atoms with Crippen LogP contribution in [0.1, 0.15) is 18.7 Å². The van der Waals surface area contributed by atoms with Crippen molar-refractivity contribution in [2.75, 3.05) is 6.61 Å². The first-order valence-electron chi connectivity index (χ1n) is 6.56. The summed E-state index contributed by atoms with van der Waals surface area (Å²) < 4.78 is 1.89. The van der Waals surface area contributed by atoms with Crippen molar-refractivity contribution in [3.05, 3.63) is 30.1 Å². The molecule has 1 N–H and O–H groups in total. The number of fused-ring (bicyclic) bond motifs is 1. The molecular formula is C14H17N3O2. The summed E-state index contributed by atoms with van der Waals surface area (Å²) >= 11 is 0. The number of nitrogens with zero attached hydrogens (tertiary/aromatic N) is 2. The second-order valence-electron chi connectivity index (χ2n) is 5.01. The quantitative estimate of drug-likeness (QED) is 0.833. The van der Waals surface area contributed by atoms with Crippen LogP contribution in [0.4, 0.5) is 0 Å². The number of rotatable bonds is 5. The molecule has 1 aromatic carbocycles. The van der Waals surface area contributed by atoms with Crippen LogP contribution in [0.2, 0.25) is 0 Å². The molecule has 0 unspecified atom stereocenters. The summed E-state index contributed by atoms with van der Waals surface area (Å²) in [6.45, 7) is 2.75. The maximum absolute atomic E-state index is 11.8. The number of imidazole rings is 1. The first kappa shape index (κ1) is 12.2. The van der Waals surface area contributed by atoms with Crippen LogP contribution in [0.3, 0.4) is 0 Å². The van der Waals surface area contributed by atoms with Crippen LogP contribution in [-0.4, -0.2) is 22.1 Å². The number of aryl methyl sites for hydroxylation is 1. The van der Waals surface area contributed by atoms with Gasteiger partial charge in [0.2, 0.25) is 0 Å². The summed E-state index contributed by atoms with van der Waals surface area (Å²) in [7, 11) is 0. The first-order chi connectivity index (χ1) is 9.24. The molecule has 1 aromatic heterocycles. The molecule has 2 aromatic rings. The van der Waals surface area contributed by atoms with Gasteiger partial charge in [-0.25, -0.2) is 10.5 Å². The molecule has 0 bridgehead atoms. The molecular weight excluding hydrogens is 242 g/mol. The highest BCUT2D eigenvalue weighted by Crippen LogP contribution is 2.28. The van der Waals surface area contributed by atoms with E-state index in [1.165, 1.54) is 12.8 Å². The Hall–Kier alpha value is -1.88. The molecule has 0 saturated heterocycles. The highest BCUT2D eigenvalue weighted by Gasteiger charge is 2.21. The van der Waals surface area contributed by atoms with Crippen molar-refractivity contribution in [2.45, 2.75) is 26.3 Å². The average molecular weight is 259 g/mol. The maximum atomic E-state index is 11.8. The lowest BCUT2D eigenvalue weighted by molar-refractivity contribution is -0.134. The van der Waals surface area contributed by atoms with Crippen molar-refractivity contribution < 1.29 is 9.63 Å². The molecule has 1 heterocycles. The largest absolute Gasteiger partial charge is 0.319 e. The van der Waals surface area contributed by atoms with Gasteiger partial charge in [-0.2, -0.15) is 0 Å². The van der Waals surface area contributed by atoms with Crippen LogP contribution in [0.5, 0.6) is 0 Å². The van der Waals surface area contributed by atoms with Gasteiger partial charge in [-0.15, -0.1) is 0 Å². The van der Waals surface area contributed by atoms with Gasteiger partial charge in [-0.05, 0) is 37.8 Å². The molecule has 1 aliphatic carbocycles. The van der Waals surface area contributed by atoms with Crippen molar-refractivity contribution in [3.63, 3.8) is 0 Å². The Kier molecular flexibility index (Phi) is 3.21. The Morgan fingerprint density at radius 1 is 1.47 bits per heavy atom. The maximum Gasteiger partial charge on any atom is 0.263 e. The van der Waals surface area contributed by atoms with Gasteiger partial charge < -0.3 is 4.57 Å². The number of hydroxylamine groups is 1. The van der Waals surface area contributed by atoms with E-state index in [0.717, 1.165) is 16.9 Å². The lowest BCUT2D eigenvalue weighted by Gasteiger charge is -2.08. The minimum atomic E-state index is -0.146. The smallest absolute Gasteiger partial charge is 0.263 e. The third kappa shape index (κ3) is 2.76. The minimum absolute atomic E-state index is 0.146. The molecule has 3 rings (SSSR count). The predicted molar refractivity (Wildman–Crippen MR) is 71.3 cm³/mol. The van der Waals surface area contributed by atoms with E-state index in [1.54, 1.807) is 0 Å². The molecule has 5 heteroatoms. The molecule has 5 nitrogen and oxygen atoms in total. The topological polar surface area (TPSA) is 56.2 Å². The van der Waals surface area contributed by atoms with Gasteiger partial charge >= 0.3 is 0 Å². The van der Waals surface area contributed by atoms with Gasteiger partial charge in [0.1, 0.15) is 12.4 Å². The van der Waals surface area contributed by atoms with Crippen molar-refractivity contribution >= 4 is 16.9 Å². The van der Waals surface area contributed by atoms with Crippen molar-refractivity contribution in [2.24, 2.45) is 5.92 Å². The number of hydrogen-bond donors (Lipinski definition) is 1. The number of nitrogens with one attached hydrogen (secondary N) is 1. The standard InChI is InChI=1S/C14H17N3O2/c1-10-15-12-4-2-3-5-13(12)17(10)8-14(18)16-19-9-11-6-7-11/h2-5,11H,6-9H2,1H3,(H,16,18). The lowest BCUT2D eigenvalue weighted by atomic mass is 10.3. The fourth-order valence-corrected chi connectivity index (χ4v) is 2.10. The van der Waals surface area contributed by atoms with Gasteiger partial charge in [-0.1, -0.05) is 12.1 Å². The monoisotopic (exact) mass is 259 g/mol. The third-order valence-electron chi connectivity index (χ3n) is 3.35. The van der Waals surface area contributed by atoms with Gasteiger partial charge in [-0.3, -0.25) is 9.63 Å². The highest BCUT2D eigenvalue weighted by atomic mass is 16.7. The number of amides is 1. The third-order valence-corrected chi connectivity index (χ3v) is 3.35. The Morgan fingerprint density at radius 2 is 2.26 bits per heavy atom. The minimum Gasteiger partial charge on any atom is -0.319 e. The predicted octanol–water partition coefficient (Wildman–Crippen LogP) is 1.80. The average Bonchev–Trinajstić information content (AvgIpc) is 3.16. The second-order valence-corrected chi connectivity index (χ2v) is 5.01. The van der Waals surface area contributed by atoms with E-state index in [2.05, 4.69) is 10.5 Å².